The number of carbonyl (C=O) groups is 1. The number of hydrogen-bond donors (Lipinski definition) is 2. The van der Waals surface area contributed by atoms with Crippen molar-refractivity contribution in [2.24, 2.45) is 5.41 Å². The maximum atomic E-state index is 12.3. The van der Waals surface area contributed by atoms with Crippen molar-refractivity contribution in [3.8, 4) is 0 Å². The van der Waals surface area contributed by atoms with Gasteiger partial charge < -0.3 is 15.3 Å². The van der Waals surface area contributed by atoms with Crippen molar-refractivity contribution in [2.75, 3.05) is 18.9 Å². The van der Waals surface area contributed by atoms with E-state index in [0.29, 0.717) is 13.0 Å². The van der Waals surface area contributed by atoms with Crippen LogP contribution in [0.5, 0.6) is 0 Å². The van der Waals surface area contributed by atoms with Crippen molar-refractivity contribution >= 4 is 11.7 Å². The van der Waals surface area contributed by atoms with Crippen LogP contribution >= 0.6 is 0 Å². The van der Waals surface area contributed by atoms with Gasteiger partial charge >= 0.3 is 6.03 Å². The highest BCUT2D eigenvalue weighted by atomic mass is 16.3. The van der Waals surface area contributed by atoms with Gasteiger partial charge in [0.2, 0.25) is 0 Å². The third-order valence-corrected chi connectivity index (χ3v) is 5.08. The van der Waals surface area contributed by atoms with Crippen molar-refractivity contribution in [3.05, 3.63) is 59.9 Å². The quantitative estimate of drug-likeness (QED) is 0.712. The van der Waals surface area contributed by atoms with Gasteiger partial charge in [-0.3, -0.25) is 4.98 Å². The SMILES string of the molecule is CCC(C)(C)CC(O)c1ccc(NC(=O)N(C)CCc2ccncc2)cc1. The molecule has 2 amide bonds. The van der Waals surface area contributed by atoms with E-state index >= 15 is 0 Å². The number of hydrogen-bond acceptors (Lipinski definition) is 3. The predicted molar refractivity (Wildman–Crippen MR) is 110 cm³/mol. The second-order valence-corrected chi connectivity index (χ2v) is 7.82. The Kier molecular flexibility index (Phi) is 7.36. The van der Waals surface area contributed by atoms with Crippen LogP contribution in [0.25, 0.3) is 0 Å². The Hall–Kier alpha value is -2.40. The van der Waals surface area contributed by atoms with Gasteiger partial charge in [-0.2, -0.15) is 0 Å². The molecule has 1 atom stereocenters. The fourth-order valence-corrected chi connectivity index (χ4v) is 2.74. The smallest absolute Gasteiger partial charge is 0.321 e. The van der Waals surface area contributed by atoms with E-state index in [-0.39, 0.29) is 11.4 Å². The average molecular weight is 370 g/mol. The maximum Gasteiger partial charge on any atom is 0.321 e. The zero-order chi connectivity index (χ0) is 19.9. The van der Waals surface area contributed by atoms with E-state index in [1.165, 1.54) is 0 Å². The Labute approximate surface area is 162 Å². The van der Waals surface area contributed by atoms with Gasteiger partial charge in [0, 0.05) is 31.7 Å². The van der Waals surface area contributed by atoms with E-state index in [1.54, 1.807) is 24.3 Å². The van der Waals surface area contributed by atoms with Gasteiger partial charge in [0.05, 0.1) is 6.10 Å². The molecule has 27 heavy (non-hydrogen) atoms. The molecule has 0 spiro atoms. The van der Waals surface area contributed by atoms with Gasteiger partial charge in [-0.25, -0.2) is 4.79 Å². The highest BCUT2D eigenvalue weighted by Crippen LogP contribution is 2.32. The number of likely N-dealkylation sites (N-methyl/N-ethyl adjacent to an activating group) is 1. The molecule has 2 N–H and O–H groups in total. The summed E-state index contributed by atoms with van der Waals surface area (Å²) in [5, 5.41) is 13.3. The highest BCUT2D eigenvalue weighted by molar-refractivity contribution is 5.89. The minimum Gasteiger partial charge on any atom is -0.388 e. The van der Waals surface area contributed by atoms with Crippen LogP contribution in [0.4, 0.5) is 10.5 Å². The van der Waals surface area contributed by atoms with Gasteiger partial charge in [0.15, 0.2) is 0 Å². The van der Waals surface area contributed by atoms with E-state index in [0.717, 1.165) is 29.7 Å². The number of pyridine rings is 1. The molecule has 1 heterocycles. The van der Waals surface area contributed by atoms with E-state index in [9.17, 15) is 9.90 Å². The summed E-state index contributed by atoms with van der Waals surface area (Å²) in [6.45, 7) is 7.08. The largest absolute Gasteiger partial charge is 0.388 e. The van der Waals surface area contributed by atoms with Crippen LogP contribution in [0.1, 0.15) is 50.8 Å². The minimum atomic E-state index is -0.493. The number of nitrogens with one attached hydrogen (secondary N) is 1. The summed E-state index contributed by atoms with van der Waals surface area (Å²) >= 11 is 0. The Morgan fingerprint density at radius 1 is 1.19 bits per heavy atom. The van der Waals surface area contributed by atoms with Gasteiger partial charge in [0.1, 0.15) is 0 Å². The van der Waals surface area contributed by atoms with Crippen molar-refractivity contribution in [1.29, 1.82) is 0 Å². The molecule has 146 valence electrons. The molecule has 0 saturated carbocycles. The number of benzene rings is 1. The normalized spacial score (nSPS) is 12.5. The lowest BCUT2D eigenvalue weighted by Gasteiger charge is -2.26. The van der Waals surface area contributed by atoms with Gasteiger partial charge in [-0.1, -0.05) is 39.3 Å². The lowest BCUT2D eigenvalue weighted by atomic mass is 9.82. The Morgan fingerprint density at radius 3 is 2.41 bits per heavy atom. The van der Waals surface area contributed by atoms with Crippen molar-refractivity contribution in [2.45, 2.75) is 46.1 Å². The summed E-state index contributed by atoms with van der Waals surface area (Å²) in [5.41, 5.74) is 2.85. The third-order valence-electron chi connectivity index (χ3n) is 5.08. The van der Waals surface area contributed by atoms with E-state index in [1.807, 2.05) is 36.4 Å². The third kappa shape index (κ3) is 6.68. The summed E-state index contributed by atoms with van der Waals surface area (Å²) in [4.78, 5) is 18.0. The van der Waals surface area contributed by atoms with Crippen LogP contribution in [-0.2, 0) is 6.42 Å². The first kappa shape index (κ1) is 20.9. The molecule has 0 bridgehead atoms. The number of aromatic nitrogens is 1. The number of rotatable bonds is 8. The van der Waals surface area contributed by atoms with E-state index in [2.05, 4.69) is 31.1 Å². The summed E-state index contributed by atoms with van der Waals surface area (Å²) < 4.78 is 0. The molecule has 2 aromatic rings. The number of carbonyl (C=O) groups excluding carboxylic acids is 1. The summed E-state index contributed by atoms with van der Waals surface area (Å²) in [6.07, 6.45) is 5.54. The molecule has 0 aliphatic carbocycles. The fraction of sp³-hybridized carbons (Fsp3) is 0.455. The molecule has 1 aromatic carbocycles. The first-order valence-electron chi connectivity index (χ1n) is 9.50. The molecule has 0 radical (unpaired) electrons. The predicted octanol–water partition coefficient (Wildman–Crippen LogP) is 4.65. The fourth-order valence-electron chi connectivity index (χ4n) is 2.74. The van der Waals surface area contributed by atoms with Gasteiger partial charge in [0.25, 0.3) is 0 Å². The van der Waals surface area contributed by atoms with E-state index in [4.69, 9.17) is 0 Å². The molecule has 5 heteroatoms. The van der Waals surface area contributed by atoms with Crippen LogP contribution < -0.4 is 5.32 Å². The monoisotopic (exact) mass is 369 g/mol. The Balaban J connectivity index is 1.86. The van der Waals surface area contributed by atoms with Crippen LogP contribution in [0, 0.1) is 5.41 Å². The zero-order valence-corrected chi connectivity index (χ0v) is 16.8. The first-order valence-corrected chi connectivity index (χ1v) is 9.50. The Morgan fingerprint density at radius 2 is 1.81 bits per heavy atom. The number of aliphatic hydroxyl groups is 1. The molecule has 5 nitrogen and oxygen atoms in total. The number of urea groups is 1. The van der Waals surface area contributed by atoms with Gasteiger partial charge in [-0.15, -0.1) is 0 Å². The molecule has 0 fully saturated rings. The second kappa shape index (κ2) is 9.51. The maximum absolute atomic E-state index is 12.3. The van der Waals surface area contributed by atoms with Crippen molar-refractivity contribution in [1.82, 2.24) is 9.88 Å². The molecule has 0 saturated heterocycles. The highest BCUT2D eigenvalue weighted by Gasteiger charge is 2.21. The summed E-state index contributed by atoms with van der Waals surface area (Å²) in [6, 6.07) is 11.2. The van der Waals surface area contributed by atoms with E-state index < -0.39 is 6.10 Å². The number of amides is 2. The molecule has 1 aromatic heterocycles. The molecular formula is C22H31N3O2. The van der Waals surface area contributed by atoms with Crippen LogP contribution in [0.3, 0.4) is 0 Å². The summed E-state index contributed by atoms with van der Waals surface area (Å²) in [7, 11) is 1.78. The van der Waals surface area contributed by atoms with Crippen molar-refractivity contribution < 1.29 is 9.90 Å². The number of anilines is 1. The number of nitrogens with zero attached hydrogens (tertiary/aromatic N) is 2. The molecule has 1 unspecified atom stereocenters. The average Bonchev–Trinajstić information content (AvgIpc) is 2.67. The van der Waals surface area contributed by atoms with Crippen molar-refractivity contribution in [3.63, 3.8) is 0 Å². The first-order chi connectivity index (χ1) is 12.8. The molecule has 0 aliphatic heterocycles. The number of aliphatic hydroxyl groups excluding tert-OH is 1. The van der Waals surface area contributed by atoms with Crippen LogP contribution in [0.2, 0.25) is 0 Å². The molecular weight excluding hydrogens is 338 g/mol. The lowest BCUT2D eigenvalue weighted by molar-refractivity contribution is 0.112. The zero-order valence-electron chi connectivity index (χ0n) is 16.8. The summed E-state index contributed by atoms with van der Waals surface area (Å²) in [5.74, 6) is 0. The van der Waals surface area contributed by atoms with Crippen LogP contribution in [0.15, 0.2) is 48.8 Å². The van der Waals surface area contributed by atoms with Gasteiger partial charge in [-0.05, 0) is 53.6 Å². The second-order valence-electron chi connectivity index (χ2n) is 7.82. The molecule has 0 aliphatic rings. The van der Waals surface area contributed by atoms with Crippen LogP contribution in [-0.4, -0.2) is 34.6 Å². The molecule has 2 rings (SSSR count). The minimum absolute atomic E-state index is 0.101. The topological polar surface area (TPSA) is 65.5 Å². The standard InChI is InChI=1S/C22H31N3O2/c1-5-22(2,3)16-20(26)18-6-8-19(9-7-18)24-21(27)25(4)15-12-17-10-13-23-14-11-17/h6-11,13-14,20,26H,5,12,15-16H2,1-4H3,(H,24,27). The Bertz CT molecular complexity index is 714. The lowest BCUT2D eigenvalue weighted by Crippen LogP contribution is -2.33.